The van der Waals surface area contributed by atoms with Crippen LogP contribution >= 0.6 is 23.2 Å². The Labute approximate surface area is 111 Å². The minimum atomic E-state index is -0.619. The molecule has 2 nitrogen and oxygen atoms in total. The van der Waals surface area contributed by atoms with E-state index in [-0.39, 0.29) is 12.5 Å². The van der Waals surface area contributed by atoms with Gasteiger partial charge in [0.1, 0.15) is 18.5 Å². The summed E-state index contributed by atoms with van der Waals surface area (Å²) in [5.74, 6) is 1.03. The Morgan fingerprint density at radius 1 is 1.24 bits per heavy atom. The fourth-order valence-corrected chi connectivity index (χ4v) is 2.52. The van der Waals surface area contributed by atoms with Gasteiger partial charge in [0, 0.05) is 5.02 Å². The number of benzene rings is 1. The molecule has 0 aromatic heterocycles. The second kappa shape index (κ2) is 5.94. The number of aliphatic hydroxyl groups excluding tert-OH is 1. The Balaban J connectivity index is 2.17. The second-order valence-electron chi connectivity index (χ2n) is 4.33. The van der Waals surface area contributed by atoms with E-state index in [1.807, 2.05) is 12.1 Å². The van der Waals surface area contributed by atoms with Gasteiger partial charge in [-0.05, 0) is 48.9 Å². The first-order valence-corrected chi connectivity index (χ1v) is 6.80. The Kier molecular flexibility index (Phi) is 4.55. The first kappa shape index (κ1) is 13.0. The van der Waals surface area contributed by atoms with Crippen molar-refractivity contribution in [1.29, 1.82) is 0 Å². The molecule has 0 bridgehead atoms. The van der Waals surface area contributed by atoms with Crippen molar-refractivity contribution >= 4 is 23.2 Å². The van der Waals surface area contributed by atoms with Gasteiger partial charge in [-0.1, -0.05) is 11.6 Å². The standard InChI is InChI=1S/C13H16Cl2O2/c14-7-9(16)8-17-13-6-5-12(15)10-3-1-2-4-11(10)13/h5-6,9,16H,1-4,7-8H2. The van der Waals surface area contributed by atoms with Crippen molar-refractivity contribution in [2.24, 2.45) is 0 Å². The summed E-state index contributed by atoms with van der Waals surface area (Å²) in [7, 11) is 0. The third kappa shape index (κ3) is 3.06. The molecule has 1 aromatic carbocycles. The number of hydrogen-bond acceptors (Lipinski definition) is 2. The van der Waals surface area contributed by atoms with Crippen LogP contribution in [0.2, 0.25) is 5.02 Å². The number of fused-ring (bicyclic) bond motifs is 1. The Morgan fingerprint density at radius 3 is 2.65 bits per heavy atom. The maximum absolute atomic E-state index is 9.39. The van der Waals surface area contributed by atoms with E-state index >= 15 is 0 Å². The quantitative estimate of drug-likeness (QED) is 0.855. The third-order valence-corrected chi connectivity index (χ3v) is 3.75. The molecule has 0 saturated heterocycles. The van der Waals surface area contributed by atoms with Gasteiger partial charge in [-0.2, -0.15) is 0 Å². The minimum absolute atomic E-state index is 0.190. The fourth-order valence-electron chi connectivity index (χ4n) is 2.16. The van der Waals surface area contributed by atoms with Gasteiger partial charge in [-0.15, -0.1) is 11.6 Å². The first-order valence-electron chi connectivity index (χ1n) is 5.89. The van der Waals surface area contributed by atoms with E-state index in [0.29, 0.717) is 0 Å². The number of rotatable bonds is 4. The number of hydrogen-bond donors (Lipinski definition) is 1. The van der Waals surface area contributed by atoms with Crippen LogP contribution in [-0.4, -0.2) is 23.7 Å². The average Bonchev–Trinajstić information content (AvgIpc) is 2.38. The molecule has 0 radical (unpaired) electrons. The van der Waals surface area contributed by atoms with Crippen molar-refractivity contribution in [1.82, 2.24) is 0 Å². The van der Waals surface area contributed by atoms with E-state index in [2.05, 4.69) is 0 Å². The number of ether oxygens (including phenoxy) is 1. The van der Waals surface area contributed by atoms with Crippen LogP contribution in [0.1, 0.15) is 24.0 Å². The van der Waals surface area contributed by atoms with E-state index in [1.165, 1.54) is 24.0 Å². The van der Waals surface area contributed by atoms with Gasteiger partial charge >= 0.3 is 0 Å². The van der Waals surface area contributed by atoms with Gasteiger partial charge in [-0.25, -0.2) is 0 Å². The van der Waals surface area contributed by atoms with Crippen LogP contribution in [0.3, 0.4) is 0 Å². The molecule has 0 heterocycles. The number of alkyl halides is 1. The zero-order chi connectivity index (χ0) is 12.3. The summed E-state index contributed by atoms with van der Waals surface area (Å²) in [5.41, 5.74) is 2.40. The van der Waals surface area contributed by atoms with Crippen molar-refractivity contribution in [2.75, 3.05) is 12.5 Å². The molecule has 0 fully saturated rings. The maximum atomic E-state index is 9.39. The van der Waals surface area contributed by atoms with Crippen LogP contribution in [0.4, 0.5) is 0 Å². The highest BCUT2D eigenvalue weighted by Crippen LogP contribution is 2.34. The van der Waals surface area contributed by atoms with Crippen LogP contribution in [0.15, 0.2) is 12.1 Å². The van der Waals surface area contributed by atoms with E-state index in [0.717, 1.165) is 23.6 Å². The van der Waals surface area contributed by atoms with Crippen LogP contribution < -0.4 is 4.74 Å². The van der Waals surface area contributed by atoms with Gasteiger partial charge in [0.25, 0.3) is 0 Å². The lowest BCUT2D eigenvalue weighted by Gasteiger charge is -2.21. The molecule has 4 heteroatoms. The predicted molar refractivity (Wildman–Crippen MR) is 70.3 cm³/mol. The average molecular weight is 275 g/mol. The summed E-state index contributed by atoms with van der Waals surface area (Å²) in [4.78, 5) is 0. The summed E-state index contributed by atoms with van der Waals surface area (Å²) < 4.78 is 5.62. The number of halogens is 2. The summed E-state index contributed by atoms with van der Waals surface area (Å²) in [6.45, 7) is 0.234. The second-order valence-corrected chi connectivity index (χ2v) is 5.04. The Morgan fingerprint density at radius 2 is 1.94 bits per heavy atom. The lowest BCUT2D eigenvalue weighted by molar-refractivity contribution is 0.124. The summed E-state index contributed by atoms with van der Waals surface area (Å²) in [6.07, 6.45) is 3.75. The molecule has 94 valence electrons. The maximum Gasteiger partial charge on any atom is 0.123 e. The molecule has 1 aliphatic rings. The SMILES string of the molecule is OC(CCl)COc1ccc(Cl)c2c1CCCC2. The highest BCUT2D eigenvalue weighted by molar-refractivity contribution is 6.31. The highest BCUT2D eigenvalue weighted by Gasteiger charge is 2.17. The number of aliphatic hydroxyl groups is 1. The van der Waals surface area contributed by atoms with Gasteiger partial charge in [0.05, 0.1) is 5.88 Å². The molecule has 1 unspecified atom stereocenters. The fraction of sp³-hybridized carbons (Fsp3) is 0.538. The minimum Gasteiger partial charge on any atom is -0.491 e. The normalized spacial score (nSPS) is 16.4. The molecule has 1 aromatic rings. The predicted octanol–water partition coefficient (Wildman–Crippen LogP) is 3.20. The lowest BCUT2D eigenvalue weighted by atomic mass is 9.91. The van der Waals surface area contributed by atoms with Gasteiger partial charge < -0.3 is 9.84 Å². The highest BCUT2D eigenvalue weighted by atomic mass is 35.5. The van der Waals surface area contributed by atoms with E-state index < -0.39 is 6.10 Å². The Hall–Kier alpha value is -0.440. The van der Waals surface area contributed by atoms with Crippen LogP contribution in [-0.2, 0) is 12.8 Å². The molecule has 1 aliphatic carbocycles. The molecule has 1 N–H and O–H groups in total. The topological polar surface area (TPSA) is 29.5 Å². The zero-order valence-corrected chi connectivity index (χ0v) is 11.1. The molecule has 0 amide bonds. The van der Waals surface area contributed by atoms with Gasteiger partial charge in [0.15, 0.2) is 0 Å². The lowest BCUT2D eigenvalue weighted by Crippen LogP contribution is -2.20. The van der Waals surface area contributed by atoms with Crippen LogP contribution in [0.25, 0.3) is 0 Å². The van der Waals surface area contributed by atoms with Crippen molar-refractivity contribution in [2.45, 2.75) is 31.8 Å². The summed E-state index contributed by atoms with van der Waals surface area (Å²) in [5, 5.41) is 10.2. The van der Waals surface area contributed by atoms with Crippen LogP contribution in [0.5, 0.6) is 5.75 Å². The molecule has 1 atom stereocenters. The third-order valence-electron chi connectivity index (χ3n) is 3.04. The van der Waals surface area contributed by atoms with Crippen molar-refractivity contribution in [3.05, 3.63) is 28.3 Å². The molecular weight excluding hydrogens is 259 g/mol. The van der Waals surface area contributed by atoms with E-state index in [4.69, 9.17) is 27.9 Å². The summed E-state index contributed by atoms with van der Waals surface area (Å²) >= 11 is 11.7. The molecule has 17 heavy (non-hydrogen) atoms. The first-order chi connectivity index (χ1) is 8.22. The van der Waals surface area contributed by atoms with Gasteiger partial charge in [-0.3, -0.25) is 0 Å². The van der Waals surface area contributed by atoms with Crippen molar-refractivity contribution in [3.63, 3.8) is 0 Å². The van der Waals surface area contributed by atoms with Crippen LogP contribution in [0, 0.1) is 0 Å². The van der Waals surface area contributed by atoms with E-state index in [1.54, 1.807) is 0 Å². The smallest absolute Gasteiger partial charge is 0.123 e. The Bertz CT molecular complexity index is 393. The van der Waals surface area contributed by atoms with E-state index in [9.17, 15) is 5.11 Å². The van der Waals surface area contributed by atoms with Gasteiger partial charge in [0.2, 0.25) is 0 Å². The zero-order valence-electron chi connectivity index (χ0n) is 9.59. The van der Waals surface area contributed by atoms with Crippen molar-refractivity contribution in [3.8, 4) is 5.75 Å². The molecule has 0 spiro atoms. The molecular formula is C13H16Cl2O2. The molecule has 0 saturated carbocycles. The monoisotopic (exact) mass is 274 g/mol. The molecule has 2 rings (SSSR count). The largest absolute Gasteiger partial charge is 0.491 e. The summed E-state index contributed by atoms with van der Waals surface area (Å²) in [6, 6.07) is 3.75. The molecule has 0 aliphatic heterocycles. The van der Waals surface area contributed by atoms with Crippen molar-refractivity contribution < 1.29 is 9.84 Å².